The van der Waals surface area contributed by atoms with Gasteiger partial charge in [0.15, 0.2) is 0 Å². The molecule has 1 amide bonds. The molecule has 23 heavy (non-hydrogen) atoms. The molecule has 10 heteroatoms. The molecular weight excluding hydrogens is 326 g/mol. The maximum absolute atomic E-state index is 12.1. The molecule has 0 saturated heterocycles. The molecule has 124 valence electrons. The standard InChI is InChI=1S/C13H15N3O6S/c1-20-9-4-8(5-10(6-9)21-2)12(17)14-7-11-15-16-13(22-11)23(3,18)19/h4-6H,7H2,1-3H3,(H,14,17). The summed E-state index contributed by atoms with van der Waals surface area (Å²) >= 11 is 0. The van der Waals surface area contributed by atoms with Crippen LogP contribution in [0.15, 0.2) is 27.8 Å². The predicted octanol–water partition coefficient (Wildman–Crippen LogP) is 0.420. The molecule has 0 radical (unpaired) electrons. The zero-order chi connectivity index (χ0) is 17.0. The summed E-state index contributed by atoms with van der Waals surface area (Å²) in [5.74, 6) is 0.480. The average Bonchev–Trinajstić information content (AvgIpc) is 3.01. The summed E-state index contributed by atoms with van der Waals surface area (Å²) in [5, 5.41) is 9.00. The third-order valence-electron chi connectivity index (χ3n) is 2.78. The number of aromatic nitrogens is 2. The lowest BCUT2D eigenvalue weighted by molar-refractivity contribution is 0.0946. The Morgan fingerprint density at radius 1 is 1.17 bits per heavy atom. The van der Waals surface area contributed by atoms with Gasteiger partial charge in [0.1, 0.15) is 11.5 Å². The van der Waals surface area contributed by atoms with Crippen LogP contribution in [0.5, 0.6) is 11.5 Å². The summed E-state index contributed by atoms with van der Waals surface area (Å²) in [7, 11) is -0.629. The Hall–Kier alpha value is -2.62. The van der Waals surface area contributed by atoms with Gasteiger partial charge in [-0.25, -0.2) is 8.42 Å². The highest BCUT2D eigenvalue weighted by atomic mass is 32.2. The Morgan fingerprint density at radius 2 is 1.78 bits per heavy atom. The summed E-state index contributed by atoms with van der Waals surface area (Å²) in [4.78, 5) is 12.1. The van der Waals surface area contributed by atoms with Gasteiger partial charge in [-0.1, -0.05) is 5.10 Å². The van der Waals surface area contributed by atoms with Crippen LogP contribution in [0.25, 0.3) is 0 Å². The van der Waals surface area contributed by atoms with Gasteiger partial charge in [0.2, 0.25) is 15.7 Å². The molecule has 0 aliphatic heterocycles. The van der Waals surface area contributed by atoms with Crippen LogP contribution in [0, 0.1) is 0 Å². The van der Waals surface area contributed by atoms with E-state index in [1.54, 1.807) is 6.07 Å². The fourth-order valence-corrected chi connectivity index (χ4v) is 2.09. The summed E-state index contributed by atoms with van der Waals surface area (Å²) in [6, 6.07) is 4.70. The molecule has 2 rings (SSSR count). The minimum Gasteiger partial charge on any atom is -0.497 e. The molecule has 0 atom stereocenters. The second kappa shape index (κ2) is 6.65. The van der Waals surface area contributed by atoms with Crippen molar-refractivity contribution in [3.05, 3.63) is 29.7 Å². The van der Waals surface area contributed by atoms with Crippen LogP contribution in [0.4, 0.5) is 0 Å². The highest BCUT2D eigenvalue weighted by Gasteiger charge is 2.17. The van der Waals surface area contributed by atoms with Crippen LogP contribution in [-0.2, 0) is 16.4 Å². The Balaban J connectivity index is 2.09. The van der Waals surface area contributed by atoms with E-state index in [2.05, 4.69) is 15.5 Å². The molecule has 0 aliphatic carbocycles. The fourth-order valence-electron chi connectivity index (χ4n) is 1.66. The van der Waals surface area contributed by atoms with Gasteiger partial charge in [-0.3, -0.25) is 4.79 Å². The minimum absolute atomic E-state index is 0.0198. The first kappa shape index (κ1) is 16.7. The normalized spacial score (nSPS) is 11.1. The van der Waals surface area contributed by atoms with Gasteiger partial charge >= 0.3 is 5.22 Å². The van der Waals surface area contributed by atoms with Crippen molar-refractivity contribution in [2.75, 3.05) is 20.5 Å². The van der Waals surface area contributed by atoms with Gasteiger partial charge in [-0.05, 0) is 12.1 Å². The van der Waals surface area contributed by atoms with Gasteiger partial charge in [0.25, 0.3) is 5.91 Å². The molecule has 1 heterocycles. The summed E-state index contributed by atoms with van der Waals surface area (Å²) < 4.78 is 37.6. The van der Waals surface area contributed by atoms with E-state index < -0.39 is 21.0 Å². The highest BCUT2D eigenvalue weighted by Crippen LogP contribution is 2.22. The van der Waals surface area contributed by atoms with Crippen LogP contribution >= 0.6 is 0 Å². The number of sulfone groups is 1. The zero-order valence-corrected chi connectivity index (χ0v) is 13.5. The summed E-state index contributed by atoms with van der Waals surface area (Å²) in [6.45, 7) is -0.110. The van der Waals surface area contributed by atoms with Crippen molar-refractivity contribution in [3.63, 3.8) is 0 Å². The number of ether oxygens (including phenoxy) is 2. The molecule has 1 aromatic heterocycles. The number of carbonyl (C=O) groups excluding carboxylic acids is 1. The minimum atomic E-state index is -3.58. The Labute approximate surface area is 132 Å². The first-order chi connectivity index (χ1) is 10.8. The number of amides is 1. The van der Waals surface area contributed by atoms with Crippen molar-refractivity contribution in [3.8, 4) is 11.5 Å². The van der Waals surface area contributed by atoms with Crippen molar-refractivity contribution in [2.24, 2.45) is 0 Å². The van der Waals surface area contributed by atoms with E-state index in [0.29, 0.717) is 17.1 Å². The molecule has 1 N–H and O–H groups in total. The lowest BCUT2D eigenvalue weighted by atomic mass is 10.2. The molecule has 0 spiro atoms. The number of rotatable bonds is 6. The average molecular weight is 341 g/mol. The fraction of sp³-hybridized carbons (Fsp3) is 0.308. The van der Waals surface area contributed by atoms with Crippen LogP contribution < -0.4 is 14.8 Å². The molecule has 0 saturated carbocycles. The number of carbonyl (C=O) groups is 1. The second-order valence-electron chi connectivity index (χ2n) is 4.52. The van der Waals surface area contributed by atoms with Crippen molar-refractivity contribution >= 4 is 15.7 Å². The van der Waals surface area contributed by atoms with Crippen molar-refractivity contribution < 1.29 is 27.1 Å². The smallest absolute Gasteiger partial charge is 0.335 e. The van der Waals surface area contributed by atoms with Gasteiger partial charge in [0, 0.05) is 17.9 Å². The second-order valence-corrected chi connectivity index (χ2v) is 6.41. The predicted molar refractivity (Wildman–Crippen MR) is 78.1 cm³/mol. The number of hydrogen-bond acceptors (Lipinski definition) is 8. The largest absolute Gasteiger partial charge is 0.497 e. The Kier molecular flexibility index (Phi) is 4.84. The van der Waals surface area contributed by atoms with Gasteiger partial charge in [0.05, 0.1) is 20.8 Å². The first-order valence-electron chi connectivity index (χ1n) is 6.37. The lowest BCUT2D eigenvalue weighted by Gasteiger charge is -2.08. The number of nitrogens with zero attached hydrogens (tertiary/aromatic N) is 2. The maximum atomic E-state index is 12.1. The van der Waals surface area contributed by atoms with Crippen molar-refractivity contribution in [2.45, 2.75) is 11.8 Å². The third kappa shape index (κ3) is 4.19. The van der Waals surface area contributed by atoms with E-state index in [4.69, 9.17) is 13.9 Å². The summed E-state index contributed by atoms with van der Waals surface area (Å²) in [6.07, 6.45) is 0.950. The molecular formula is C13H15N3O6S. The van der Waals surface area contributed by atoms with E-state index in [1.165, 1.54) is 26.4 Å². The molecule has 0 unspecified atom stereocenters. The van der Waals surface area contributed by atoms with Crippen LogP contribution in [0.1, 0.15) is 16.2 Å². The molecule has 0 fully saturated rings. The van der Waals surface area contributed by atoms with E-state index in [1.807, 2.05) is 0 Å². The van der Waals surface area contributed by atoms with Crippen LogP contribution in [0.3, 0.4) is 0 Å². The van der Waals surface area contributed by atoms with E-state index in [9.17, 15) is 13.2 Å². The zero-order valence-electron chi connectivity index (χ0n) is 12.7. The quantitative estimate of drug-likeness (QED) is 0.802. The number of benzene rings is 1. The van der Waals surface area contributed by atoms with Gasteiger partial charge in [-0.15, -0.1) is 5.10 Å². The number of hydrogen-bond donors (Lipinski definition) is 1. The lowest BCUT2D eigenvalue weighted by Crippen LogP contribution is -2.23. The van der Waals surface area contributed by atoms with Crippen molar-refractivity contribution in [1.82, 2.24) is 15.5 Å². The van der Waals surface area contributed by atoms with E-state index >= 15 is 0 Å². The molecule has 1 aromatic carbocycles. The Morgan fingerprint density at radius 3 is 2.26 bits per heavy atom. The Bertz CT molecular complexity index is 793. The van der Waals surface area contributed by atoms with E-state index in [-0.39, 0.29) is 12.4 Å². The molecule has 9 nitrogen and oxygen atoms in total. The molecule has 2 aromatic rings. The molecule has 0 bridgehead atoms. The summed E-state index contributed by atoms with van der Waals surface area (Å²) in [5.41, 5.74) is 0.309. The first-order valence-corrected chi connectivity index (χ1v) is 8.26. The van der Waals surface area contributed by atoms with Gasteiger partial charge < -0.3 is 19.2 Å². The van der Waals surface area contributed by atoms with E-state index in [0.717, 1.165) is 6.26 Å². The van der Waals surface area contributed by atoms with Crippen molar-refractivity contribution in [1.29, 1.82) is 0 Å². The van der Waals surface area contributed by atoms with Crippen LogP contribution in [0.2, 0.25) is 0 Å². The topological polar surface area (TPSA) is 121 Å². The van der Waals surface area contributed by atoms with Gasteiger partial charge in [-0.2, -0.15) is 0 Å². The number of nitrogens with one attached hydrogen (secondary N) is 1. The highest BCUT2D eigenvalue weighted by molar-refractivity contribution is 7.90. The maximum Gasteiger partial charge on any atom is 0.335 e. The number of methoxy groups -OCH3 is 2. The van der Waals surface area contributed by atoms with Crippen LogP contribution in [-0.4, -0.2) is 45.0 Å². The molecule has 0 aliphatic rings. The monoisotopic (exact) mass is 341 g/mol. The SMILES string of the molecule is COc1cc(OC)cc(C(=O)NCc2nnc(S(C)(=O)=O)o2)c1. The third-order valence-corrected chi connectivity index (χ3v) is 3.58.